The molecule has 0 amide bonds. The van der Waals surface area contributed by atoms with Gasteiger partial charge >= 0.3 is 0 Å². The first-order valence-corrected chi connectivity index (χ1v) is 8.49. The fraction of sp³-hybridized carbons (Fsp3) is 0.778. The highest BCUT2D eigenvalue weighted by Crippen LogP contribution is 2.14. The van der Waals surface area contributed by atoms with Crippen molar-refractivity contribution in [2.75, 3.05) is 26.2 Å². The summed E-state index contributed by atoms with van der Waals surface area (Å²) in [6, 6.07) is 0. The number of aliphatic hydroxyl groups excluding tert-OH is 1. The molecule has 3 nitrogen and oxygen atoms in total. The van der Waals surface area contributed by atoms with Gasteiger partial charge in [0.1, 0.15) is 0 Å². The lowest BCUT2D eigenvalue weighted by Gasteiger charge is -2.27. The maximum absolute atomic E-state index is 10.2. The minimum atomic E-state index is -0.391. The fourth-order valence-corrected chi connectivity index (χ4v) is 2.68. The Morgan fingerprint density at radius 3 is 2.76 bits per heavy atom. The van der Waals surface area contributed by atoms with Crippen molar-refractivity contribution in [1.82, 2.24) is 4.90 Å². The number of aliphatic hydroxyl groups is 1. The van der Waals surface area contributed by atoms with Crippen LogP contribution in [0.4, 0.5) is 0 Å². The third-order valence-corrected chi connectivity index (χ3v) is 3.91. The number of hydrogen-bond acceptors (Lipinski definition) is 3. The standard InChI is InChI=1S/C18H33NO2/c1-4-6-10-16(3)13-19(5-2)14-17(20)15-21-18-11-8-7-9-12-18/h6-8,10,16-18,20H,4-5,9,11-15H2,1-3H3/b10-6-. The number of ether oxygens (including phenoxy) is 1. The number of allylic oxidation sites excluding steroid dienone is 2. The van der Waals surface area contributed by atoms with Gasteiger partial charge in [0, 0.05) is 13.1 Å². The van der Waals surface area contributed by atoms with E-state index in [4.69, 9.17) is 4.74 Å². The highest BCUT2D eigenvalue weighted by atomic mass is 16.5. The molecule has 122 valence electrons. The summed E-state index contributed by atoms with van der Waals surface area (Å²) < 4.78 is 5.82. The van der Waals surface area contributed by atoms with Crippen LogP contribution < -0.4 is 0 Å². The smallest absolute Gasteiger partial charge is 0.0900 e. The molecule has 0 radical (unpaired) electrons. The van der Waals surface area contributed by atoms with E-state index in [-0.39, 0.29) is 0 Å². The van der Waals surface area contributed by atoms with E-state index in [1.165, 1.54) is 0 Å². The predicted molar refractivity (Wildman–Crippen MR) is 89.4 cm³/mol. The summed E-state index contributed by atoms with van der Waals surface area (Å²) in [5.41, 5.74) is 0. The van der Waals surface area contributed by atoms with E-state index in [1.54, 1.807) is 0 Å². The van der Waals surface area contributed by atoms with Crippen molar-refractivity contribution >= 4 is 0 Å². The van der Waals surface area contributed by atoms with Crippen molar-refractivity contribution in [3.63, 3.8) is 0 Å². The van der Waals surface area contributed by atoms with Crippen LogP contribution in [-0.2, 0) is 4.74 Å². The van der Waals surface area contributed by atoms with E-state index in [2.05, 4.69) is 50.0 Å². The molecular weight excluding hydrogens is 262 g/mol. The highest BCUT2D eigenvalue weighted by Gasteiger charge is 2.15. The molecule has 1 aliphatic rings. The zero-order valence-corrected chi connectivity index (χ0v) is 14.0. The quantitative estimate of drug-likeness (QED) is 0.627. The van der Waals surface area contributed by atoms with Crippen molar-refractivity contribution < 1.29 is 9.84 Å². The summed E-state index contributed by atoms with van der Waals surface area (Å²) in [7, 11) is 0. The molecule has 0 heterocycles. The maximum atomic E-state index is 10.2. The van der Waals surface area contributed by atoms with Crippen LogP contribution in [0.2, 0.25) is 0 Å². The second-order valence-corrected chi connectivity index (χ2v) is 6.06. The predicted octanol–water partition coefficient (Wildman–Crippen LogP) is 3.40. The molecule has 0 aromatic carbocycles. The first-order chi connectivity index (χ1) is 10.2. The molecule has 0 bridgehead atoms. The summed E-state index contributed by atoms with van der Waals surface area (Å²) in [6.45, 7) is 9.64. The zero-order valence-electron chi connectivity index (χ0n) is 14.0. The molecular formula is C18H33NO2. The zero-order chi connectivity index (χ0) is 15.5. The maximum Gasteiger partial charge on any atom is 0.0900 e. The van der Waals surface area contributed by atoms with Gasteiger partial charge in [0.2, 0.25) is 0 Å². The number of rotatable bonds is 10. The second kappa shape index (κ2) is 11.0. The lowest BCUT2D eigenvalue weighted by molar-refractivity contribution is -0.0239. The van der Waals surface area contributed by atoms with E-state index >= 15 is 0 Å². The number of hydrogen-bond donors (Lipinski definition) is 1. The van der Waals surface area contributed by atoms with Crippen LogP contribution in [0, 0.1) is 5.92 Å². The summed E-state index contributed by atoms with van der Waals surface area (Å²) in [4.78, 5) is 2.31. The van der Waals surface area contributed by atoms with Gasteiger partial charge in [0.25, 0.3) is 0 Å². The molecule has 1 aliphatic carbocycles. The Morgan fingerprint density at radius 2 is 2.14 bits per heavy atom. The summed E-state index contributed by atoms with van der Waals surface area (Å²) in [5.74, 6) is 0.529. The fourth-order valence-electron chi connectivity index (χ4n) is 2.68. The van der Waals surface area contributed by atoms with Crippen molar-refractivity contribution in [3.8, 4) is 0 Å². The van der Waals surface area contributed by atoms with Crippen LogP contribution in [-0.4, -0.2) is 48.5 Å². The number of nitrogens with zero attached hydrogens (tertiary/aromatic N) is 1. The van der Waals surface area contributed by atoms with Gasteiger partial charge in [0.05, 0.1) is 18.8 Å². The molecule has 0 aromatic rings. The minimum Gasteiger partial charge on any atom is -0.389 e. The van der Waals surface area contributed by atoms with E-state index in [0.29, 0.717) is 25.2 Å². The van der Waals surface area contributed by atoms with E-state index < -0.39 is 6.10 Å². The van der Waals surface area contributed by atoms with E-state index in [0.717, 1.165) is 38.8 Å². The van der Waals surface area contributed by atoms with Gasteiger partial charge < -0.3 is 14.7 Å². The first kappa shape index (κ1) is 18.4. The van der Waals surface area contributed by atoms with E-state index in [9.17, 15) is 5.11 Å². The average Bonchev–Trinajstić information content (AvgIpc) is 2.51. The van der Waals surface area contributed by atoms with Crippen LogP contribution in [0.25, 0.3) is 0 Å². The molecule has 0 saturated carbocycles. The monoisotopic (exact) mass is 295 g/mol. The van der Waals surface area contributed by atoms with Crippen LogP contribution in [0.5, 0.6) is 0 Å². The van der Waals surface area contributed by atoms with Gasteiger partial charge in [-0.2, -0.15) is 0 Å². The van der Waals surface area contributed by atoms with Crippen LogP contribution in [0.15, 0.2) is 24.3 Å². The van der Waals surface area contributed by atoms with Gasteiger partial charge in [-0.25, -0.2) is 0 Å². The normalized spacial score (nSPS) is 22.0. The van der Waals surface area contributed by atoms with Gasteiger partial charge in [-0.3, -0.25) is 0 Å². The van der Waals surface area contributed by atoms with Crippen molar-refractivity contribution in [3.05, 3.63) is 24.3 Å². The lowest BCUT2D eigenvalue weighted by atomic mass is 10.0. The molecule has 0 spiro atoms. The SMILES string of the molecule is CC/C=C\C(C)CN(CC)CC(O)COC1CC=CCC1. The Labute approximate surface area is 130 Å². The Bertz CT molecular complexity index is 314. The molecule has 1 N–H and O–H groups in total. The Hall–Kier alpha value is -0.640. The molecule has 3 heteroatoms. The first-order valence-electron chi connectivity index (χ1n) is 8.49. The van der Waals surface area contributed by atoms with Gasteiger partial charge in [0.15, 0.2) is 0 Å². The van der Waals surface area contributed by atoms with Crippen molar-refractivity contribution in [2.45, 2.75) is 58.7 Å². The lowest BCUT2D eigenvalue weighted by Crippen LogP contribution is -2.38. The molecule has 0 saturated heterocycles. The van der Waals surface area contributed by atoms with Gasteiger partial charge in [-0.05, 0) is 38.1 Å². The van der Waals surface area contributed by atoms with Crippen LogP contribution in [0.3, 0.4) is 0 Å². The van der Waals surface area contributed by atoms with Crippen molar-refractivity contribution in [2.24, 2.45) is 5.92 Å². The Morgan fingerprint density at radius 1 is 1.33 bits per heavy atom. The molecule has 1 rings (SSSR count). The average molecular weight is 295 g/mol. The van der Waals surface area contributed by atoms with Crippen LogP contribution in [0.1, 0.15) is 46.5 Å². The molecule has 0 aliphatic heterocycles. The summed E-state index contributed by atoms with van der Waals surface area (Å²) in [5, 5.41) is 10.2. The van der Waals surface area contributed by atoms with Gasteiger partial charge in [-0.1, -0.05) is 45.1 Å². The molecule has 3 unspecified atom stereocenters. The van der Waals surface area contributed by atoms with Crippen molar-refractivity contribution in [1.29, 1.82) is 0 Å². The Kier molecular flexibility index (Phi) is 9.64. The summed E-state index contributed by atoms with van der Waals surface area (Å²) in [6.07, 6.45) is 13.0. The third-order valence-electron chi connectivity index (χ3n) is 3.91. The molecule has 3 atom stereocenters. The Balaban J connectivity index is 2.24. The molecule has 0 fully saturated rings. The van der Waals surface area contributed by atoms with Crippen LogP contribution >= 0.6 is 0 Å². The largest absolute Gasteiger partial charge is 0.389 e. The molecule has 0 aromatic heterocycles. The number of likely N-dealkylation sites (N-methyl/N-ethyl adjacent to an activating group) is 1. The topological polar surface area (TPSA) is 32.7 Å². The van der Waals surface area contributed by atoms with E-state index in [1.807, 2.05) is 0 Å². The molecule has 21 heavy (non-hydrogen) atoms. The highest BCUT2D eigenvalue weighted by molar-refractivity contribution is 4.91. The third kappa shape index (κ3) is 8.40. The summed E-state index contributed by atoms with van der Waals surface area (Å²) >= 11 is 0. The minimum absolute atomic E-state index is 0.297. The second-order valence-electron chi connectivity index (χ2n) is 6.06. The van der Waals surface area contributed by atoms with Gasteiger partial charge in [-0.15, -0.1) is 0 Å².